The van der Waals surface area contributed by atoms with Crippen LogP contribution in [0.4, 0.5) is 22.2 Å². The van der Waals surface area contributed by atoms with Crippen LogP contribution < -0.4 is 18.7 Å². The molecule has 11 heteroatoms. The van der Waals surface area contributed by atoms with Gasteiger partial charge in [-0.15, -0.1) is 11.3 Å². The van der Waals surface area contributed by atoms with Gasteiger partial charge in [-0.1, -0.05) is 28.1 Å². The molecule has 0 bridgehead atoms. The third kappa shape index (κ3) is 5.00. The van der Waals surface area contributed by atoms with E-state index in [9.17, 15) is 8.42 Å². The van der Waals surface area contributed by atoms with Crippen LogP contribution in [0, 0.1) is 6.57 Å². The smallest absolute Gasteiger partial charge is 0.266 e. The van der Waals surface area contributed by atoms with Crippen molar-refractivity contribution >= 4 is 59.5 Å². The van der Waals surface area contributed by atoms with Crippen molar-refractivity contribution in [1.82, 2.24) is 4.98 Å². The standard InChI is InChI=1S/C26H21BrN4O4S2/c1-28-22-15-19(27)5-9-23(22)30-12-13-35-25-16-21(8-10-24(25)30)37(32,33)31(26-29-11-14-36-26)17-18-3-6-20(34-2)7-4-18/h3-11,14-16H,12-13,17H2,2H3. The normalized spacial score (nSPS) is 12.8. The van der Waals surface area contributed by atoms with Gasteiger partial charge in [0.2, 0.25) is 5.69 Å². The fourth-order valence-electron chi connectivity index (χ4n) is 4.04. The van der Waals surface area contributed by atoms with Gasteiger partial charge in [-0.2, -0.15) is 0 Å². The quantitative estimate of drug-likeness (QED) is 0.230. The molecule has 1 aromatic heterocycles. The van der Waals surface area contributed by atoms with Crippen LogP contribution in [0.2, 0.25) is 0 Å². The molecule has 8 nitrogen and oxygen atoms in total. The summed E-state index contributed by atoms with van der Waals surface area (Å²) in [6.07, 6.45) is 1.58. The first kappa shape index (κ1) is 25.1. The van der Waals surface area contributed by atoms with Crippen LogP contribution in [0.5, 0.6) is 11.5 Å². The highest BCUT2D eigenvalue weighted by Gasteiger charge is 2.30. The van der Waals surface area contributed by atoms with E-state index < -0.39 is 10.0 Å². The van der Waals surface area contributed by atoms with Crippen molar-refractivity contribution in [3.05, 3.63) is 93.7 Å². The zero-order valence-corrected chi connectivity index (χ0v) is 22.9. The summed E-state index contributed by atoms with van der Waals surface area (Å²) in [7, 11) is -2.39. The Labute approximate surface area is 227 Å². The number of hydrogen-bond acceptors (Lipinski definition) is 7. The second kappa shape index (κ2) is 10.4. The summed E-state index contributed by atoms with van der Waals surface area (Å²) in [5.41, 5.74) is 2.73. The number of methoxy groups -OCH3 is 1. The number of thiazole rings is 1. The number of nitrogens with zero attached hydrogens (tertiary/aromatic N) is 4. The predicted octanol–water partition coefficient (Wildman–Crippen LogP) is 6.39. The number of hydrogen-bond donors (Lipinski definition) is 0. The number of anilines is 3. The lowest BCUT2D eigenvalue weighted by molar-refractivity contribution is 0.313. The molecule has 0 atom stereocenters. The number of halogens is 1. The van der Waals surface area contributed by atoms with Crippen LogP contribution in [0.25, 0.3) is 4.85 Å². The van der Waals surface area contributed by atoms with Crippen LogP contribution in [-0.2, 0) is 16.6 Å². The maximum atomic E-state index is 13.9. The number of aromatic nitrogens is 1. The van der Waals surface area contributed by atoms with Gasteiger partial charge < -0.3 is 14.4 Å². The van der Waals surface area contributed by atoms with Gasteiger partial charge in [-0.25, -0.2) is 22.6 Å². The van der Waals surface area contributed by atoms with E-state index in [1.165, 1.54) is 15.6 Å². The van der Waals surface area contributed by atoms with Gasteiger partial charge in [0.15, 0.2) is 5.13 Å². The number of rotatable bonds is 7. The van der Waals surface area contributed by atoms with Gasteiger partial charge in [-0.3, -0.25) is 0 Å². The number of fused-ring (bicyclic) bond motifs is 1. The molecule has 2 heterocycles. The Morgan fingerprint density at radius 1 is 1.16 bits per heavy atom. The summed E-state index contributed by atoms with van der Waals surface area (Å²) in [6.45, 7) is 8.58. The molecular weight excluding hydrogens is 576 g/mol. The highest BCUT2D eigenvalue weighted by atomic mass is 79.9. The summed E-state index contributed by atoms with van der Waals surface area (Å²) >= 11 is 4.67. The van der Waals surface area contributed by atoms with Crippen molar-refractivity contribution in [3.8, 4) is 11.5 Å². The molecule has 0 amide bonds. The minimum absolute atomic E-state index is 0.0954. The van der Waals surface area contributed by atoms with Gasteiger partial charge in [0.05, 0.1) is 37.4 Å². The fourth-order valence-corrected chi connectivity index (χ4v) is 6.69. The van der Waals surface area contributed by atoms with Gasteiger partial charge in [-0.05, 0) is 48.0 Å². The van der Waals surface area contributed by atoms with Gasteiger partial charge in [0, 0.05) is 27.8 Å². The molecule has 0 aliphatic carbocycles. The molecule has 37 heavy (non-hydrogen) atoms. The van der Waals surface area contributed by atoms with Crippen LogP contribution in [-0.4, -0.2) is 33.7 Å². The maximum absolute atomic E-state index is 13.9. The van der Waals surface area contributed by atoms with Crippen molar-refractivity contribution in [2.45, 2.75) is 11.4 Å². The van der Waals surface area contributed by atoms with E-state index in [1.54, 1.807) is 55.1 Å². The molecule has 0 spiro atoms. The molecule has 188 valence electrons. The molecular formula is C26H21BrN4O4S2. The SMILES string of the molecule is [C-]#[N+]c1cc(Br)ccc1N1CCOc2cc(S(=O)(=O)N(Cc3ccc(OC)cc3)c3nccs3)ccc21. The minimum atomic E-state index is -3.98. The first-order valence-corrected chi connectivity index (χ1v) is 14.3. The first-order chi connectivity index (χ1) is 17.9. The molecule has 0 saturated heterocycles. The van der Waals surface area contributed by atoms with Crippen LogP contribution >= 0.6 is 27.3 Å². The maximum Gasteiger partial charge on any atom is 0.266 e. The summed E-state index contributed by atoms with van der Waals surface area (Å²) in [4.78, 5) is 10.0. The molecule has 0 fully saturated rings. The number of sulfonamides is 1. The monoisotopic (exact) mass is 596 g/mol. The molecule has 0 saturated carbocycles. The Kier molecular flexibility index (Phi) is 7.06. The Morgan fingerprint density at radius 3 is 2.65 bits per heavy atom. The Morgan fingerprint density at radius 2 is 1.95 bits per heavy atom. The molecule has 5 rings (SSSR count). The highest BCUT2D eigenvalue weighted by Crippen LogP contribution is 2.43. The average Bonchev–Trinajstić information content (AvgIpc) is 3.46. The second-order valence-electron chi connectivity index (χ2n) is 8.05. The molecule has 0 N–H and O–H groups in total. The summed E-state index contributed by atoms with van der Waals surface area (Å²) < 4.78 is 41.0. The zero-order valence-electron chi connectivity index (χ0n) is 19.7. The lowest BCUT2D eigenvalue weighted by Crippen LogP contribution is -2.31. The van der Waals surface area contributed by atoms with Crippen LogP contribution in [0.15, 0.2) is 81.6 Å². The summed E-state index contributed by atoms with van der Waals surface area (Å²) in [5.74, 6) is 1.13. The lowest BCUT2D eigenvalue weighted by atomic mass is 10.2. The van der Waals surface area contributed by atoms with Crippen molar-refractivity contribution in [3.63, 3.8) is 0 Å². The summed E-state index contributed by atoms with van der Waals surface area (Å²) in [5, 5.41) is 2.11. The van der Waals surface area contributed by atoms with E-state index in [0.29, 0.717) is 41.2 Å². The number of benzene rings is 3. The Bertz CT molecular complexity index is 1570. The third-order valence-electron chi connectivity index (χ3n) is 5.85. The molecule has 1 aliphatic heterocycles. The van der Waals surface area contributed by atoms with Gasteiger partial charge in [0.1, 0.15) is 18.1 Å². The van der Waals surface area contributed by atoms with Crippen molar-refractivity contribution in [2.75, 3.05) is 29.5 Å². The molecule has 0 unspecified atom stereocenters. The zero-order chi connectivity index (χ0) is 26.0. The van der Waals surface area contributed by atoms with Gasteiger partial charge in [0.25, 0.3) is 10.0 Å². The van der Waals surface area contributed by atoms with E-state index in [4.69, 9.17) is 16.0 Å². The largest absolute Gasteiger partial charge is 0.497 e. The summed E-state index contributed by atoms with van der Waals surface area (Å²) in [6, 6.07) is 17.6. The van der Waals surface area contributed by atoms with E-state index in [2.05, 4.69) is 25.8 Å². The Balaban J connectivity index is 1.52. The lowest BCUT2D eigenvalue weighted by Gasteiger charge is -2.32. The van der Waals surface area contributed by atoms with E-state index >= 15 is 0 Å². The fraction of sp³-hybridized carbons (Fsp3) is 0.154. The topological polar surface area (TPSA) is 76.3 Å². The van der Waals surface area contributed by atoms with Crippen LogP contribution in [0.3, 0.4) is 0 Å². The molecule has 1 aliphatic rings. The van der Waals surface area contributed by atoms with Crippen molar-refractivity contribution in [2.24, 2.45) is 0 Å². The highest BCUT2D eigenvalue weighted by molar-refractivity contribution is 9.10. The third-order valence-corrected chi connectivity index (χ3v) is 8.98. The molecule has 3 aromatic carbocycles. The van der Waals surface area contributed by atoms with E-state index in [1.807, 2.05) is 29.2 Å². The van der Waals surface area contributed by atoms with Gasteiger partial charge >= 0.3 is 0 Å². The van der Waals surface area contributed by atoms with Crippen LogP contribution in [0.1, 0.15) is 5.56 Å². The molecule has 4 aromatic rings. The molecule has 0 radical (unpaired) electrons. The number of ether oxygens (including phenoxy) is 2. The van der Waals surface area contributed by atoms with Crippen molar-refractivity contribution in [1.29, 1.82) is 0 Å². The minimum Gasteiger partial charge on any atom is -0.497 e. The van der Waals surface area contributed by atoms with E-state index in [-0.39, 0.29) is 11.4 Å². The average molecular weight is 598 g/mol. The first-order valence-electron chi connectivity index (χ1n) is 11.2. The predicted molar refractivity (Wildman–Crippen MR) is 148 cm³/mol. The Hall–Kier alpha value is -3.59. The van der Waals surface area contributed by atoms with Crippen molar-refractivity contribution < 1.29 is 17.9 Å². The second-order valence-corrected chi connectivity index (χ2v) is 11.7. The van der Waals surface area contributed by atoms with E-state index in [0.717, 1.165) is 15.7 Å².